The van der Waals surface area contributed by atoms with Crippen LogP contribution in [0.3, 0.4) is 0 Å². The first-order chi connectivity index (χ1) is 9.55. The number of carbonyl (C=O) groups excluding carboxylic acids is 1. The van der Waals surface area contributed by atoms with Gasteiger partial charge in [-0.3, -0.25) is 4.79 Å². The first kappa shape index (κ1) is 15.7. The van der Waals surface area contributed by atoms with E-state index in [0.29, 0.717) is 52.3 Å². The number of nitrogens with zero attached hydrogens (tertiary/aromatic N) is 2. The van der Waals surface area contributed by atoms with Gasteiger partial charge in [0.2, 0.25) is 0 Å². The largest absolute Gasteiger partial charge is 0.466 e. The van der Waals surface area contributed by atoms with Crippen LogP contribution in [0.5, 0.6) is 0 Å². The SMILES string of the molecule is CCOC(=O)[C@H]1CCCN(S(=O)(=O)N2CCOCC2)C1. The van der Waals surface area contributed by atoms with Gasteiger partial charge >= 0.3 is 5.97 Å². The molecule has 0 unspecified atom stereocenters. The highest BCUT2D eigenvalue weighted by Crippen LogP contribution is 2.22. The Labute approximate surface area is 120 Å². The predicted molar refractivity (Wildman–Crippen MR) is 72.2 cm³/mol. The van der Waals surface area contributed by atoms with Gasteiger partial charge in [-0.05, 0) is 19.8 Å². The Morgan fingerprint density at radius 1 is 1.25 bits per heavy atom. The molecule has 0 saturated carbocycles. The minimum Gasteiger partial charge on any atom is -0.466 e. The molecule has 0 aromatic heterocycles. The minimum atomic E-state index is -3.49. The number of carbonyl (C=O) groups is 1. The van der Waals surface area contributed by atoms with Crippen LogP contribution in [0, 0.1) is 5.92 Å². The molecule has 0 aromatic rings. The van der Waals surface area contributed by atoms with Crippen LogP contribution in [0.25, 0.3) is 0 Å². The first-order valence-corrected chi connectivity index (χ1v) is 8.45. The fraction of sp³-hybridized carbons (Fsp3) is 0.917. The Hall–Kier alpha value is -0.700. The third kappa shape index (κ3) is 3.49. The predicted octanol–water partition coefficient (Wildman–Crippen LogP) is -0.161. The van der Waals surface area contributed by atoms with Crippen LogP contribution in [0.1, 0.15) is 19.8 Å². The van der Waals surface area contributed by atoms with Crippen molar-refractivity contribution in [2.75, 3.05) is 46.0 Å². The highest BCUT2D eigenvalue weighted by atomic mass is 32.2. The molecule has 0 aliphatic carbocycles. The van der Waals surface area contributed by atoms with Crippen LogP contribution in [-0.2, 0) is 24.5 Å². The number of esters is 1. The molecule has 0 amide bonds. The number of morpholine rings is 1. The molecule has 1 atom stereocenters. The second-order valence-corrected chi connectivity index (χ2v) is 6.90. The van der Waals surface area contributed by atoms with Gasteiger partial charge in [0.05, 0.1) is 25.7 Å². The van der Waals surface area contributed by atoms with Gasteiger partial charge in [-0.1, -0.05) is 0 Å². The molecule has 0 N–H and O–H groups in total. The summed E-state index contributed by atoms with van der Waals surface area (Å²) < 4.78 is 38.0. The zero-order valence-corrected chi connectivity index (χ0v) is 12.6. The molecule has 116 valence electrons. The third-order valence-corrected chi connectivity index (χ3v) is 5.63. The van der Waals surface area contributed by atoms with Gasteiger partial charge in [0.25, 0.3) is 10.2 Å². The number of ether oxygens (including phenoxy) is 2. The Balaban J connectivity index is 2.01. The molecule has 0 bridgehead atoms. The highest BCUT2D eigenvalue weighted by molar-refractivity contribution is 7.86. The zero-order chi connectivity index (χ0) is 14.6. The Bertz CT molecular complexity index is 433. The lowest BCUT2D eigenvalue weighted by Gasteiger charge is -2.35. The van der Waals surface area contributed by atoms with E-state index in [-0.39, 0.29) is 18.4 Å². The van der Waals surface area contributed by atoms with Crippen LogP contribution in [0.15, 0.2) is 0 Å². The van der Waals surface area contributed by atoms with Gasteiger partial charge < -0.3 is 9.47 Å². The average molecular weight is 306 g/mol. The van der Waals surface area contributed by atoms with Gasteiger partial charge in [0.15, 0.2) is 0 Å². The van der Waals surface area contributed by atoms with Gasteiger partial charge in [0, 0.05) is 26.2 Å². The molecule has 2 heterocycles. The summed E-state index contributed by atoms with van der Waals surface area (Å²) in [7, 11) is -3.49. The summed E-state index contributed by atoms with van der Waals surface area (Å²) in [5, 5.41) is 0. The summed E-state index contributed by atoms with van der Waals surface area (Å²) in [4.78, 5) is 11.8. The highest BCUT2D eigenvalue weighted by Gasteiger charge is 2.36. The van der Waals surface area contributed by atoms with E-state index in [1.54, 1.807) is 6.92 Å². The van der Waals surface area contributed by atoms with Gasteiger partial charge in [-0.2, -0.15) is 17.0 Å². The van der Waals surface area contributed by atoms with Crippen molar-refractivity contribution in [2.24, 2.45) is 5.92 Å². The van der Waals surface area contributed by atoms with E-state index < -0.39 is 10.2 Å². The Kier molecular flexibility index (Phi) is 5.36. The quantitative estimate of drug-likeness (QED) is 0.675. The lowest BCUT2D eigenvalue weighted by atomic mass is 10.0. The first-order valence-electron chi connectivity index (χ1n) is 7.05. The molecular weight excluding hydrogens is 284 g/mol. The molecule has 2 rings (SSSR count). The summed E-state index contributed by atoms with van der Waals surface area (Å²) in [6.07, 6.45) is 1.38. The van der Waals surface area contributed by atoms with E-state index in [1.807, 2.05) is 0 Å². The van der Waals surface area contributed by atoms with Crippen molar-refractivity contribution in [1.82, 2.24) is 8.61 Å². The Morgan fingerprint density at radius 2 is 1.95 bits per heavy atom. The summed E-state index contributed by atoms with van der Waals surface area (Å²) >= 11 is 0. The van der Waals surface area contributed by atoms with Crippen LogP contribution in [0.4, 0.5) is 0 Å². The molecule has 20 heavy (non-hydrogen) atoms. The summed E-state index contributed by atoms with van der Waals surface area (Å²) in [5.41, 5.74) is 0. The topological polar surface area (TPSA) is 76.2 Å². The minimum absolute atomic E-state index is 0.221. The van der Waals surface area contributed by atoms with Crippen molar-refractivity contribution in [2.45, 2.75) is 19.8 Å². The number of rotatable bonds is 4. The maximum atomic E-state index is 12.5. The van der Waals surface area contributed by atoms with E-state index in [1.165, 1.54) is 8.61 Å². The van der Waals surface area contributed by atoms with E-state index in [4.69, 9.17) is 9.47 Å². The molecule has 0 aromatic carbocycles. The van der Waals surface area contributed by atoms with Crippen molar-refractivity contribution in [3.63, 3.8) is 0 Å². The molecule has 7 nitrogen and oxygen atoms in total. The normalized spacial score (nSPS) is 26.4. The smallest absolute Gasteiger partial charge is 0.310 e. The van der Waals surface area contributed by atoms with E-state index in [0.717, 1.165) is 0 Å². The standard InChI is InChI=1S/C12H22N2O5S/c1-2-19-12(15)11-4-3-5-14(10-11)20(16,17)13-6-8-18-9-7-13/h11H,2-10H2,1H3/t11-/m0/s1. The van der Waals surface area contributed by atoms with Gasteiger partial charge in [-0.15, -0.1) is 0 Å². The van der Waals surface area contributed by atoms with Crippen LogP contribution in [0.2, 0.25) is 0 Å². The fourth-order valence-corrected chi connectivity index (χ4v) is 4.21. The molecule has 2 aliphatic rings. The molecule has 2 saturated heterocycles. The Morgan fingerprint density at radius 3 is 2.60 bits per heavy atom. The van der Waals surface area contributed by atoms with Crippen LogP contribution >= 0.6 is 0 Å². The second-order valence-electron chi connectivity index (χ2n) is 4.97. The van der Waals surface area contributed by atoms with E-state index in [2.05, 4.69) is 0 Å². The third-order valence-electron chi connectivity index (χ3n) is 3.63. The van der Waals surface area contributed by atoms with Crippen molar-refractivity contribution in [3.05, 3.63) is 0 Å². The average Bonchev–Trinajstić information content (AvgIpc) is 2.48. The molecule has 0 radical (unpaired) electrons. The number of hydrogen-bond acceptors (Lipinski definition) is 5. The van der Waals surface area contributed by atoms with Crippen molar-refractivity contribution < 1.29 is 22.7 Å². The zero-order valence-electron chi connectivity index (χ0n) is 11.8. The van der Waals surface area contributed by atoms with Crippen molar-refractivity contribution in [1.29, 1.82) is 0 Å². The molecule has 2 fully saturated rings. The molecule has 8 heteroatoms. The van der Waals surface area contributed by atoms with Crippen LogP contribution in [-0.4, -0.2) is 69.0 Å². The monoisotopic (exact) mass is 306 g/mol. The summed E-state index contributed by atoms with van der Waals surface area (Å²) in [5.74, 6) is -0.645. The molecule has 2 aliphatic heterocycles. The van der Waals surface area contributed by atoms with Gasteiger partial charge in [-0.25, -0.2) is 0 Å². The van der Waals surface area contributed by atoms with E-state index in [9.17, 15) is 13.2 Å². The van der Waals surface area contributed by atoms with Crippen LogP contribution < -0.4 is 0 Å². The lowest BCUT2D eigenvalue weighted by molar-refractivity contribution is -0.149. The summed E-state index contributed by atoms with van der Waals surface area (Å²) in [6.45, 7) is 4.37. The summed E-state index contributed by atoms with van der Waals surface area (Å²) in [6, 6.07) is 0. The number of piperidine rings is 1. The second kappa shape index (κ2) is 6.84. The fourth-order valence-electron chi connectivity index (χ4n) is 2.55. The van der Waals surface area contributed by atoms with Crippen molar-refractivity contribution >= 4 is 16.2 Å². The van der Waals surface area contributed by atoms with Gasteiger partial charge in [0.1, 0.15) is 0 Å². The lowest BCUT2D eigenvalue weighted by Crippen LogP contribution is -2.52. The van der Waals surface area contributed by atoms with Crippen molar-refractivity contribution in [3.8, 4) is 0 Å². The molecular formula is C12H22N2O5S. The maximum absolute atomic E-state index is 12.5. The number of hydrogen-bond donors (Lipinski definition) is 0. The van der Waals surface area contributed by atoms with E-state index >= 15 is 0 Å². The maximum Gasteiger partial charge on any atom is 0.310 e. The molecule has 0 spiro atoms.